The van der Waals surface area contributed by atoms with E-state index in [1.807, 2.05) is 37.3 Å². The van der Waals surface area contributed by atoms with Gasteiger partial charge in [-0.05, 0) is 44.0 Å². The van der Waals surface area contributed by atoms with Crippen LogP contribution in [0.3, 0.4) is 0 Å². The first-order chi connectivity index (χ1) is 15.2. The molecule has 0 aromatic carbocycles. The van der Waals surface area contributed by atoms with Crippen LogP contribution in [-0.2, 0) is 11.3 Å². The molecule has 1 fully saturated rings. The van der Waals surface area contributed by atoms with Gasteiger partial charge in [-0.15, -0.1) is 0 Å². The van der Waals surface area contributed by atoms with Crippen molar-refractivity contribution in [3.63, 3.8) is 0 Å². The molecule has 0 saturated carbocycles. The average Bonchev–Trinajstić information content (AvgIpc) is 3.45. The van der Waals surface area contributed by atoms with Crippen LogP contribution in [0.5, 0.6) is 0 Å². The Morgan fingerprint density at radius 3 is 2.90 bits per heavy atom. The molecule has 0 atom stereocenters. The monoisotopic (exact) mass is 418 g/mol. The van der Waals surface area contributed by atoms with E-state index in [-0.39, 0.29) is 11.8 Å². The molecule has 0 aliphatic carbocycles. The zero-order valence-corrected chi connectivity index (χ0v) is 17.1. The third kappa shape index (κ3) is 4.11. The van der Waals surface area contributed by atoms with Gasteiger partial charge >= 0.3 is 0 Å². The Hall–Kier alpha value is -3.75. The number of fused-ring (bicyclic) bond motifs is 1. The fraction of sp³-hybridized carbons (Fsp3) is 0.318. The average molecular weight is 418 g/mol. The molecule has 0 unspecified atom stereocenters. The van der Waals surface area contributed by atoms with Gasteiger partial charge in [-0.25, -0.2) is 4.98 Å². The van der Waals surface area contributed by atoms with Crippen LogP contribution in [-0.4, -0.2) is 39.1 Å². The summed E-state index contributed by atoms with van der Waals surface area (Å²) in [6, 6.07) is 9.94. The van der Waals surface area contributed by atoms with Crippen molar-refractivity contribution in [3.8, 4) is 11.3 Å². The molecular weight excluding hydrogens is 396 g/mol. The van der Waals surface area contributed by atoms with Crippen molar-refractivity contribution in [1.29, 1.82) is 0 Å². The van der Waals surface area contributed by atoms with Crippen molar-refractivity contribution in [2.24, 2.45) is 5.92 Å². The minimum atomic E-state index is -0.0540. The molecule has 0 spiro atoms. The number of oxazole rings is 1. The quantitative estimate of drug-likeness (QED) is 0.526. The molecule has 4 aromatic heterocycles. The van der Waals surface area contributed by atoms with Crippen molar-refractivity contribution in [1.82, 2.24) is 25.4 Å². The van der Waals surface area contributed by atoms with Gasteiger partial charge in [0.2, 0.25) is 11.6 Å². The summed E-state index contributed by atoms with van der Waals surface area (Å²) in [6.07, 6.45) is 4.89. The number of aromatic nitrogens is 4. The third-order valence-corrected chi connectivity index (χ3v) is 5.47. The number of hydrogen-bond donors (Lipinski definition) is 1. The number of pyridine rings is 2. The first kappa shape index (κ1) is 19.2. The number of nitrogens with zero attached hydrogens (tertiary/aromatic N) is 5. The van der Waals surface area contributed by atoms with Gasteiger partial charge in [0.25, 0.3) is 6.01 Å². The lowest BCUT2D eigenvalue weighted by Gasteiger charge is -2.29. The highest BCUT2D eigenvalue weighted by atomic mass is 16.5. The molecule has 1 saturated heterocycles. The Kier molecular flexibility index (Phi) is 5.07. The Labute approximate surface area is 178 Å². The van der Waals surface area contributed by atoms with Crippen molar-refractivity contribution in [3.05, 3.63) is 54.2 Å². The molecule has 1 amide bonds. The van der Waals surface area contributed by atoms with Crippen LogP contribution in [0.2, 0.25) is 0 Å². The number of carbonyl (C=O) groups excluding carboxylic acids is 1. The molecule has 158 valence electrons. The standard InChI is InChI=1S/C22H22N6O3/c1-14-4-5-19-20(25-14)26-22(30-19)28-9-6-15(7-10-28)21(29)24-13-17-11-18(27-31-17)16-3-2-8-23-12-16/h2-5,8,11-12,15H,6-7,9-10,13H2,1H3,(H,24,29). The minimum absolute atomic E-state index is 0.0221. The summed E-state index contributed by atoms with van der Waals surface area (Å²) in [4.78, 5) is 27.7. The van der Waals surface area contributed by atoms with E-state index in [1.165, 1.54) is 0 Å². The highest BCUT2D eigenvalue weighted by Gasteiger charge is 2.27. The van der Waals surface area contributed by atoms with E-state index < -0.39 is 0 Å². The number of amides is 1. The Bertz CT molecular complexity index is 1190. The van der Waals surface area contributed by atoms with Gasteiger partial charge in [0.1, 0.15) is 5.69 Å². The van der Waals surface area contributed by atoms with Crippen molar-refractivity contribution < 1.29 is 13.7 Å². The molecule has 0 radical (unpaired) electrons. The van der Waals surface area contributed by atoms with Crippen LogP contribution in [0.4, 0.5) is 6.01 Å². The van der Waals surface area contributed by atoms with E-state index >= 15 is 0 Å². The summed E-state index contributed by atoms with van der Waals surface area (Å²) in [7, 11) is 0. The topological polar surface area (TPSA) is 110 Å². The summed E-state index contributed by atoms with van der Waals surface area (Å²) in [5.74, 6) is 0.578. The van der Waals surface area contributed by atoms with Gasteiger partial charge in [-0.1, -0.05) is 5.16 Å². The van der Waals surface area contributed by atoms with Crippen LogP contribution in [0, 0.1) is 12.8 Å². The molecule has 0 bridgehead atoms. The lowest BCUT2D eigenvalue weighted by Crippen LogP contribution is -2.40. The number of aryl methyl sites for hydroxylation is 1. The smallest absolute Gasteiger partial charge is 0.299 e. The van der Waals surface area contributed by atoms with Crippen LogP contribution in [0.15, 0.2) is 51.7 Å². The molecule has 5 heterocycles. The maximum atomic E-state index is 12.6. The van der Waals surface area contributed by atoms with Crippen LogP contribution in [0.25, 0.3) is 22.5 Å². The van der Waals surface area contributed by atoms with Gasteiger partial charge in [0.15, 0.2) is 11.3 Å². The number of nitrogens with one attached hydrogen (secondary N) is 1. The molecular formula is C22H22N6O3. The second-order valence-corrected chi connectivity index (χ2v) is 7.67. The summed E-state index contributed by atoms with van der Waals surface area (Å²) in [5, 5.41) is 7.01. The zero-order valence-electron chi connectivity index (χ0n) is 17.1. The van der Waals surface area contributed by atoms with Gasteiger partial charge in [-0.3, -0.25) is 9.78 Å². The maximum Gasteiger partial charge on any atom is 0.299 e. The van der Waals surface area contributed by atoms with Crippen molar-refractivity contribution in [2.45, 2.75) is 26.3 Å². The van der Waals surface area contributed by atoms with Gasteiger partial charge < -0.3 is 19.2 Å². The predicted molar refractivity (Wildman–Crippen MR) is 113 cm³/mol. The van der Waals surface area contributed by atoms with E-state index in [1.54, 1.807) is 12.4 Å². The second kappa shape index (κ2) is 8.17. The number of piperidine rings is 1. The Balaban J connectivity index is 1.14. The van der Waals surface area contributed by atoms with Gasteiger partial charge in [-0.2, -0.15) is 4.98 Å². The fourth-order valence-electron chi connectivity index (χ4n) is 3.74. The molecule has 1 aliphatic rings. The highest BCUT2D eigenvalue weighted by Crippen LogP contribution is 2.26. The molecule has 1 N–H and O–H groups in total. The van der Waals surface area contributed by atoms with Crippen molar-refractivity contribution in [2.75, 3.05) is 18.0 Å². The van der Waals surface area contributed by atoms with E-state index in [2.05, 4.69) is 30.3 Å². The van der Waals surface area contributed by atoms with Crippen LogP contribution < -0.4 is 10.2 Å². The van der Waals surface area contributed by atoms with E-state index in [0.29, 0.717) is 48.3 Å². The number of rotatable bonds is 5. The molecule has 9 nitrogen and oxygen atoms in total. The third-order valence-electron chi connectivity index (χ3n) is 5.47. The number of carbonyl (C=O) groups is 1. The number of hydrogen-bond acceptors (Lipinski definition) is 8. The maximum absolute atomic E-state index is 12.6. The van der Waals surface area contributed by atoms with Crippen molar-refractivity contribution >= 4 is 23.2 Å². The lowest BCUT2D eigenvalue weighted by molar-refractivity contribution is -0.125. The summed E-state index contributed by atoms with van der Waals surface area (Å²) < 4.78 is 11.2. The van der Waals surface area contributed by atoms with E-state index in [9.17, 15) is 4.79 Å². The SMILES string of the molecule is Cc1ccc2oc(N3CCC(C(=O)NCc4cc(-c5cccnc5)no4)CC3)nc2n1. The minimum Gasteiger partial charge on any atom is -0.422 e. The molecule has 1 aliphatic heterocycles. The summed E-state index contributed by atoms with van der Waals surface area (Å²) in [5.41, 5.74) is 3.78. The number of anilines is 1. The Morgan fingerprint density at radius 2 is 2.10 bits per heavy atom. The molecule has 9 heteroatoms. The fourth-order valence-corrected chi connectivity index (χ4v) is 3.74. The lowest BCUT2D eigenvalue weighted by atomic mass is 9.96. The second-order valence-electron chi connectivity index (χ2n) is 7.67. The summed E-state index contributed by atoms with van der Waals surface area (Å²) in [6.45, 7) is 3.65. The van der Waals surface area contributed by atoms with Crippen LogP contribution in [0.1, 0.15) is 24.3 Å². The summed E-state index contributed by atoms with van der Waals surface area (Å²) >= 11 is 0. The first-order valence-corrected chi connectivity index (χ1v) is 10.3. The Morgan fingerprint density at radius 1 is 1.23 bits per heavy atom. The van der Waals surface area contributed by atoms with E-state index in [4.69, 9.17) is 8.94 Å². The highest BCUT2D eigenvalue weighted by molar-refractivity contribution is 5.79. The van der Waals surface area contributed by atoms with Crippen LogP contribution >= 0.6 is 0 Å². The van der Waals surface area contributed by atoms with Gasteiger partial charge in [0.05, 0.1) is 6.54 Å². The molecule has 4 aromatic rings. The predicted octanol–water partition coefficient (Wildman–Crippen LogP) is 3.11. The normalized spacial score (nSPS) is 14.8. The zero-order chi connectivity index (χ0) is 21.2. The molecule has 5 rings (SSSR count). The first-order valence-electron chi connectivity index (χ1n) is 10.3. The van der Waals surface area contributed by atoms with Gasteiger partial charge in [0, 0.05) is 48.7 Å². The largest absolute Gasteiger partial charge is 0.422 e. The van der Waals surface area contributed by atoms with E-state index in [0.717, 1.165) is 24.1 Å². The molecule has 31 heavy (non-hydrogen) atoms.